The Bertz CT molecular complexity index is 931. The van der Waals surface area contributed by atoms with Gasteiger partial charge >= 0.3 is 0 Å². The minimum absolute atomic E-state index is 0.124. The van der Waals surface area contributed by atoms with Crippen LogP contribution >= 0.6 is 0 Å². The zero-order valence-corrected chi connectivity index (χ0v) is 14.8. The van der Waals surface area contributed by atoms with Gasteiger partial charge < -0.3 is 14.4 Å². The highest BCUT2D eigenvalue weighted by atomic mass is 16.6. The Morgan fingerprint density at radius 3 is 2.63 bits per heavy atom. The van der Waals surface area contributed by atoms with Crippen molar-refractivity contribution >= 4 is 5.91 Å². The molecule has 1 aromatic carbocycles. The summed E-state index contributed by atoms with van der Waals surface area (Å²) in [5.74, 6) is 1.30. The molecule has 0 saturated heterocycles. The van der Waals surface area contributed by atoms with E-state index in [1.807, 2.05) is 24.3 Å². The zero-order valence-electron chi connectivity index (χ0n) is 14.8. The fourth-order valence-corrected chi connectivity index (χ4v) is 2.88. The molecule has 0 N–H and O–H groups in total. The number of ether oxygens (including phenoxy) is 2. The highest BCUT2D eigenvalue weighted by molar-refractivity contribution is 5.94. The first-order valence-electron chi connectivity index (χ1n) is 8.56. The van der Waals surface area contributed by atoms with Crippen LogP contribution in [0.25, 0.3) is 11.3 Å². The van der Waals surface area contributed by atoms with Gasteiger partial charge in [-0.05, 0) is 24.3 Å². The lowest BCUT2D eigenvalue weighted by Crippen LogP contribution is -2.41. The molecule has 0 spiro atoms. The number of hydrogen-bond donors (Lipinski definition) is 0. The van der Waals surface area contributed by atoms with Gasteiger partial charge in [0, 0.05) is 31.2 Å². The molecule has 2 aromatic heterocycles. The molecule has 1 atom stereocenters. The number of nitrogens with zero attached hydrogens (tertiary/aromatic N) is 4. The van der Waals surface area contributed by atoms with Gasteiger partial charge in [0.05, 0.1) is 17.8 Å². The number of rotatable bonds is 4. The van der Waals surface area contributed by atoms with Gasteiger partial charge in [-0.25, -0.2) is 9.97 Å². The topological polar surface area (TPSA) is 77.4 Å². The van der Waals surface area contributed by atoms with Crippen molar-refractivity contribution in [1.29, 1.82) is 0 Å². The second kappa shape index (κ2) is 7.41. The second-order valence-corrected chi connectivity index (χ2v) is 6.24. The van der Waals surface area contributed by atoms with Gasteiger partial charge in [-0.15, -0.1) is 0 Å². The van der Waals surface area contributed by atoms with Crippen LogP contribution in [0.1, 0.15) is 10.4 Å². The normalized spacial score (nSPS) is 15.2. The number of hydrogen-bond acceptors (Lipinski definition) is 6. The molecule has 0 fully saturated rings. The van der Waals surface area contributed by atoms with E-state index in [1.165, 1.54) is 6.33 Å². The molecule has 7 heteroatoms. The summed E-state index contributed by atoms with van der Waals surface area (Å²) in [6.45, 7) is 0.821. The summed E-state index contributed by atoms with van der Waals surface area (Å²) in [5, 5.41) is 0. The van der Waals surface area contributed by atoms with Gasteiger partial charge in [-0.1, -0.05) is 12.1 Å². The summed E-state index contributed by atoms with van der Waals surface area (Å²) in [6, 6.07) is 11.1. The van der Waals surface area contributed by atoms with Gasteiger partial charge in [0.25, 0.3) is 5.91 Å². The molecule has 7 nitrogen and oxygen atoms in total. The Balaban J connectivity index is 1.41. The van der Waals surface area contributed by atoms with Crippen LogP contribution in [0, 0.1) is 0 Å². The van der Waals surface area contributed by atoms with Gasteiger partial charge in [-0.3, -0.25) is 9.78 Å². The fourth-order valence-electron chi connectivity index (χ4n) is 2.88. The van der Waals surface area contributed by atoms with Crippen molar-refractivity contribution < 1.29 is 14.3 Å². The second-order valence-electron chi connectivity index (χ2n) is 6.24. The predicted octanol–water partition coefficient (Wildman–Crippen LogP) is 2.45. The zero-order chi connectivity index (χ0) is 18.6. The van der Waals surface area contributed by atoms with Gasteiger partial charge in [-0.2, -0.15) is 0 Å². The molecule has 3 aromatic rings. The monoisotopic (exact) mass is 362 g/mol. The summed E-state index contributed by atoms with van der Waals surface area (Å²) < 4.78 is 11.6. The van der Waals surface area contributed by atoms with Crippen molar-refractivity contribution in [2.75, 3.05) is 20.2 Å². The van der Waals surface area contributed by atoms with Crippen molar-refractivity contribution in [2.24, 2.45) is 0 Å². The summed E-state index contributed by atoms with van der Waals surface area (Å²) in [4.78, 5) is 26.6. The molecule has 1 amide bonds. The number of para-hydroxylation sites is 2. The number of fused-ring (bicyclic) bond motifs is 1. The van der Waals surface area contributed by atoms with E-state index in [9.17, 15) is 4.79 Å². The van der Waals surface area contributed by atoms with Crippen LogP contribution in [0.3, 0.4) is 0 Å². The fraction of sp³-hybridized carbons (Fsp3) is 0.200. The standard InChI is InChI=1S/C20H18N4O3/c1-24(11-16-12-26-18-4-2-3-5-19(18)27-16)20(25)14-6-7-17(23-10-14)15-8-21-13-22-9-15/h2-10,13,16H,11-12H2,1H3/t16-/m0/s1. The summed E-state index contributed by atoms with van der Waals surface area (Å²) >= 11 is 0. The quantitative estimate of drug-likeness (QED) is 0.709. The van der Waals surface area contributed by atoms with Crippen molar-refractivity contribution in [3.05, 3.63) is 66.9 Å². The highest BCUT2D eigenvalue weighted by Gasteiger charge is 2.24. The van der Waals surface area contributed by atoms with E-state index in [1.54, 1.807) is 42.7 Å². The Labute approximate surface area is 156 Å². The molecular formula is C20H18N4O3. The molecule has 0 saturated carbocycles. The van der Waals surface area contributed by atoms with Crippen molar-refractivity contribution in [3.8, 4) is 22.8 Å². The molecule has 0 unspecified atom stereocenters. The van der Waals surface area contributed by atoms with Crippen molar-refractivity contribution in [1.82, 2.24) is 19.9 Å². The van der Waals surface area contributed by atoms with Crippen molar-refractivity contribution in [2.45, 2.75) is 6.10 Å². The SMILES string of the molecule is CN(C[C@H]1COc2ccccc2O1)C(=O)c1ccc(-c2cncnc2)nc1. The molecule has 1 aliphatic heterocycles. The van der Waals surface area contributed by atoms with E-state index in [0.29, 0.717) is 24.5 Å². The lowest BCUT2D eigenvalue weighted by Gasteiger charge is -2.29. The lowest BCUT2D eigenvalue weighted by atomic mass is 10.1. The van der Waals surface area contributed by atoms with E-state index >= 15 is 0 Å². The van der Waals surface area contributed by atoms with Crippen LogP contribution in [0.4, 0.5) is 0 Å². The highest BCUT2D eigenvalue weighted by Crippen LogP contribution is 2.31. The predicted molar refractivity (Wildman–Crippen MR) is 98.6 cm³/mol. The van der Waals surface area contributed by atoms with Crippen molar-refractivity contribution in [3.63, 3.8) is 0 Å². The number of aromatic nitrogens is 3. The van der Waals surface area contributed by atoms with Crippen LogP contribution < -0.4 is 9.47 Å². The van der Waals surface area contributed by atoms with Gasteiger partial charge in [0.15, 0.2) is 17.6 Å². The minimum Gasteiger partial charge on any atom is -0.486 e. The smallest absolute Gasteiger partial charge is 0.255 e. The maximum Gasteiger partial charge on any atom is 0.255 e. The molecule has 4 rings (SSSR count). The Kier molecular flexibility index (Phi) is 4.65. The van der Waals surface area contributed by atoms with Crippen LogP contribution in [0.5, 0.6) is 11.5 Å². The van der Waals surface area contributed by atoms with Crippen LogP contribution in [-0.2, 0) is 0 Å². The number of benzene rings is 1. The molecule has 27 heavy (non-hydrogen) atoms. The number of likely N-dealkylation sites (N-methyl/N-ethyl adjacent to an activating group) is 1. The number of carbonyl (C=O) groups excluding carboxylic acids is 1. The van der Waals surface area contributed by atoms with E-state index in [-0.39, 0.29) is 12.0 Å². The van der Waals surface area contributed by atoms with E-state index < -0.39 is 0 Å². The largest absolute Gasteiger partial charge is 0.486 e. The summed E-state index contributed by atoms with van der Waals surface area (Å²) in [5.41, 5.74) is 2.03. The van der Waals surface area contributed by atoms with Crippen LogP contribution in [0.15, 0.2) is 61.3 Å². The first-order valence-corrected chi connectivity index (χ1v) is 8.56. The van der Waals surface area contributed by atoms with Crippen LogP contribution in [0.2, 0.25) is 0 Å². The van der Waals surface area contributed by atoms with Gasteiger partial charge in [0.2, 0.25) is 0 Å². The Hall–Kier alpha value is -3.48. The molecule has 0 radical (unpaired) electrons. The Morgan fingerprint density at radius 1 is 1.11 bits per heavy atom. The third-order valence-electron chi connectivity index (χ3n) is 4.26. The van der Waals surface area contributed by atoms with Gasteiger partial charge in [0.1, 0.15) is 12.9 Å². The maximum atomic E-state index is 12.7. The number of carbonyl (C=O) groups is 1. The maximum absolute atomic E-state index is 12.7. The van der Waals surface area contributed by atoms with E-state index in [2.05, 4.69) is 15.0 Å². The first-order chi connectivity index (χ1) is 13.2. The summed E-state index contributed by atoms with van der Waals surface area (Å²) in [6.07, 6.45) is 6.17. The third-order valence-corrected chi connectivity index (χ3v) is 4.26. The third kappa shape index (κ3) is 3.72. The molecule has 136 valence electrons. The average molecular weight is 362 g/mol. The number of amides is 1. The minimum atomic E-state index is -0.220. The summed E-state index contributed by atoms with van der Waals surface area (Å²) in [7, 11) is 1.74. The lowest BCUT2D eigenvalue weighted by molar-refractivity contribution is 0.0520. The number of pyridine rings is 1. The Morgan fingerprint density at radius 2 is 1.89 bits per heavy atom. The first kappa shape index (κ1) is 17.0. The average Bonchev–Trinajstić information content (AvgIpc) is 2.74. The molecule has 0 aliphatic carbocycles. The van der Waals surface area contributed by atoms with E-state index in [0.717, 1.165) is 17.0 Å². The molecule has 3 heterocycles. The van der Waals surface area contributed by atoms with E-state index in [4.69, 9.17) is 9.47 Å². The molecular weight excluding hydrogens is 344 g/mol. The van der Waals surface area contributed by atoms with Crippen LogP contribution in [-0.4, -0.2) is 52.1 Å². The molecule has 1 aliphatic rings. The molecule has 0 bridgehead atoms.